The predicted octanol–water partition coefficient (Wildman–Crippen LogP) is -0.0836. The number of nitrogens with zero attached hydrogens (tertiary/aromatic N) is 5. The lowest BCUT2D eigenvalue weighted by molar-refractivity contribution is -0.255. The molecule has 3 rings (SSSR count). The molecule has 0 bridgehead atoms. The van der Waals surface area contributed by atoms with Crippen LogP contribution in [-0.4, -0.2) is 31.3 Å². The number of nitrogens with two attached hydrogens (primary N) is 1. The highest BCUT2D eigenvalue weighted by Crippen LogP contribution is 2.27. The molecule has 2 heterocycles. The zero-order valence-corrected chi connectivity index (χ0v) is 11.0. The Hall–Kier alpha value is -2.94. The quantitative estimate of drug-likeness (QED) is 0.709. The van der Waals surface area contributed by atoms with Gasteiger partial charge in [0.25, 0.3) is 0 Å². The van der Waals surface area contributed by atoms with Crippen molar-refractivity contribution in [1.82, 2.24) is 25.3 Å². The minimum absolute atomic E-state index is 0.0277. The fraction of sp³-hybridized carbons (Fsp3) is 0. The van der Waals surface area contributed by atoms with Crippen LogP contribution < -0.4 is 10.8 Å². The summed E-state index contributed by atoms with van der Waals surface area (Å²) >= 11 is 5.82. The summed E-state index contributed by atoms with van der Waals surface area (Å²) in [4.78, 5) is 11.2. The number of benzene rings is 1. The number of aromatic nitrogens is 5. The molecule has 0 atom stereocenters. The van der Waals surface area contributed by atoms with E-state index in [4.69, 9.17) is 17.3 Å². The lowest BCUT2D eigenvalue weighted by Crippen LogP contribution is -2.23. The number of hydrogen-bond donors (Lipinski definition) is 1. The minimum Gasteiger partial charge on any atom is -0.543 e. The molecule has 0 aliphatic rings. The van der Waals surface area contributed by atoms with Gasteiger partial charge in [-0.2, -0.15) is 4.68 Å². The zero-order valence-electron chi connectivity index (χ0n) is 10.2. The van der Waals surface area contributed by atoms with Crippen LogP contribution >= 0.6 is 11.6 Å². The summed E-state index contributed by atoms with van der Waals surface area (Å²) in [5.74, 6) is -1.51. The molecule has 0 unspecified atom stereocenters. The van der Waals surface area contributed by atoms with Crippen LogP contribution in [0.3, 0.4) is 0 Å². The molecular formula is C11H6ClN6O3-. The molecule has 10 heteroatoms. The molecule has 2 aromatic heterocycles. The monoisotopic (exact) mass is 305 g/mol. The second kappa shape index (κ2) is 4.87. The van der Waals surface area contributed by atoms with E-state index in [1.54, 1.807) is 24.3 Å². The highest BCUT2D eigenvalue weighted by Gasteiger charge is 2.21. The molecule has 0 aliphatic carbocycles. The number of carbonyl (C=O) groups excluding carboxylic acids is 1. The molecule has 2 N–H and O–H groups in total. The zero-order chi connectivity index (χ0) is 15.0. The first-order valence-corrected chi connectivity index (χ1v) is 5.97. The Morgan fingerprint density at radius 3 is 2.57 bits per heavy atom. The number of aromatic carboxylic acids is 1. The van der Waals surface area contributed by atoms with Crippen molar-refractivity contribution in [3.05, 3.63) is 35.0 Å². The van der Waals surface area contributed by atoms with E-state index in [1.807, 2.05) is 0 Å². The fourth-order valence-corrected chi connectivity index (χ4v) is 1.90. The molecule has 0 aliphatic heterocycles. The first-order valence-electron chi connectivity index (χ1n) is 5.59. The van der Waals surface area contributed by atoms with E-state index in [0.29, 0.717) is 10.6 Å². The molecule has 0 amide bonds. The average Bonchev–Trinajstić information content (AvgIpc) is 3.05. The number of anilines is 1. The molecular weight excluding hydrogens is 300 g/mol. The van der Waals surface area contributed by atoms with Crippen LogP contribution in [0.2, 0.25) is 5.02 Å². The van der Waals surface area contributed by atoms with Crippen LogP contribution in [0.1, 0.15) is 10.5 Å². The smallest absolute Gasteiger partial charge is 0.243 e. The summed E-state index contributed by atoms with van der Waals surface area (Å²) in [6.45, 7) is 0. The third kappa shape index (κ3) is 2.19. The highest BCUT2D eigenvalue weighted by molar-refractivity contribution is 6.30. The fourth-order valence-electron chi connectivity index (χ4n) is 1.77. The standard InChI is InChI=1S/C11H7ClN6O3/c12-6-3-1-5(2-4-6)8-7(11(19)20)14-17-18(8)10-9(13)15-21-16-10/h1-4H,(H2,13,15)(H,19,20)/p-1. The van der Waals surface area contributed by atoms with E-state index in [2.05, 4.69) is 25.3 Å². The Kier molecular flexibility index (Phi) is 3.03. The van der Waals surface area contributed by atoms with Crippen molar-refractivity contribution >= 4 is 23.4 Å². The maximum Gasteiger partial charge on any atom is 0.243 e. The number of carbonyl (C=O) groups is 1. The van der Waals surface area contributed by atoms with Gasteiger partial charge in [0.15, 0.2) is 0 Å². The van der Waals surface area contributed by atoms with Gasteiger partial charge in [0.1, 0.15) is 11.4 Å². The summed E-state index contributed by atoms with van der Waals surface area (Å²) in [5, 5.41) is 25.9. The Morgan fingerprint density at radius 1 is 1.29 bits per heavy atom. The lowest BCUT2D eigenvalue weighted by atomic mass is 10.1. The van der Waals surface area contributed by atoms with Gasteiger partial charge >= 0.3 is 0 Å². The van der Waals surface area contributed by atoms with E-state index < -0.39 is 5.97 Å². The first-order chi connectivity index (χ1) is 10.1. The van der Waals surface area contributed by atoms with Crippen molar-refractivity contribution in [2.24, 2.45) is 0 Å². The molecule has 0 radical (unpaired) electrons. The summed E-state index contributed by atoms with van der Waals surface area (Å²) in [5.41, 5.74) is 5.85. The molecule has 0 spiro atoms. The van der Waals surface area contributed by atoms with Gasteiger partial charge in [0, 0.05) is 10.6 Å². The number of carboxylic acids is 1. The second-order valence-corrected chi connectivity index (χ2v) is 4.40. The molecule has 3 aromatic rings. The number of hydrogen-bond acceptors (Lipinski definition) is 8. The van der Waals surface area contributed by atoms with Crippen LogP contribution in [0.5, 0.6) is 0 Å². The summed E-state index contributed by atoms with van der Waals surface area (Å²) in [7, 11) is 0. The van der Waals surface area contributed by atoms with Crippen molar-refractivity contribution in [1.29, 1.82) is 0 Å². The second-order valence-electron chi connectivity index (χ2n) is 3.97. The van der Waals surface area contributed by atoms with Gasteiger partial charge in [-0.25, -0.2) is 4.63 Å². The lowest BCUT2D eigenvalue weighted by Gasteiger charge is -2.06. The molecule has 106 valence electrons. The van der Waals surface area contributed by atoms with Crippen molar-refractivity contribution < 1.29 is 14.5 Å². The van der Waals surface area contributed by atoms with Gasteiger partial charge in [0.05, 0.1) is 5.97 Å². The normalized spacial score (nSPS) is 10.7. The van der Waals surface area contributed by atoms with E-state index in [0.717, 1.165) is 4.68 Å². The Bertz CT molecular complexity index is 810. The van der Waals surface area contributed by atoms with E-state index in [9.17, 15) is 9.90 Å². The van der Waals surface area contributed by atoms with Crippen molar-refractivity contribution in [3.8, 4) is 17.1 Å². The number of carboxylic acid groups (broad SMARTS) is 1. The van der Waals surface area contributed by atoms with Gasteiger partial charge in [-0.1, -0.05) is 28.9 Å². The van der Waals surface area contributed by atoms with Crippen molar-refractivity contribution in [3.63, 3.8) is 0 Å². The predicted molar refractivity (Wildman–Crippen MR) is 68.4 cm³/mol. The van der Waals surface area contributed by atoms with Crippen molar-refractivity contribution in [2.75, 3.05) is 5.73 Å². The molecule has 9 nitrogen and oxygen atoms in total. The molecule has 21 heavy (non-hydrogen) atoms. The summed E-state index contributed by atoms with van der Waals surface area (Å²) in [6.07, 6.45) is 0. The van der Waals surface area contributed by atoms with Crippen molar-refractivity contribution in [2.45, 2.75) is 0 Å². The highest BCUT2D eigenvalue weighted by atomic mass is 35.5. The van der Waals surface area contributed by atoms with Gasteiger partial charge in [0.2, 0.25) is 11.6 Å². The Labute approximate surface area is 121 Å². The number of rotatable bonds is 3. The average molecular weight is 306 g/mol. The van der Waals surface area contributed by atoms with Crippen LogP contribution in [-0.2, 0) is 0 Å². The third-order valence-corrected chi connectivity index (χ3v) is 2.93. The van der Waals surface area contributed by atoms with Gasteiger partial charge in [-0.3, -0.25) is 0 Å². The molecule has 0 fully saturated rings. The largest absolute Gasteiger partial charge is 0.543 e. The minimum atomic E-state index is -1.48. The van der Waals surface area contributed by atoms with E-state index in [-0.39, 0.29) is 23.0 Å². The Balaban J connectivity index is 2.25. The first kappa shape index (κ1) is 13.1. The Morgan fingerprint density at radius 2 is 2.00 bits per heavy atom. The molecule has 0 saturated carbocycles. The van der Waals surface area contributed by atoms with E-state index >= 15 is 0 Å². The topological polar surface area (TPSA) is 136 Å². The van der Waals surface area contributed by atoms with Crippen LogP contribution in [0.15, 0.2) is 28.9 Å². The maximum absolute atomic E-state index is 11.2. The summed E-state index contributed by atoms with van der Waals surface area (Å²) < 4.78 is 5.59. The number of nitrogen functional groups attached to an aromatic ring is 1. The summed E-state index contributed by atoms with van der Waals surface area (Å²) in [6, 6.07) is 6.40. The third-order valence-electron chi connectivity index (χ3n) is 2.68. The van der Waals surface area contributed by atoms with E-state index in [1.165, 1.54) is 0 Å². The van der Waals surface area contributed by atoms with Gasteiger partial charge in [-0.15, -0.1) is 5.10 Å². The van der Waals surface area contributed by atoms with Crippen LogP contribution in [0.4, 0.5) is 5.82 Å². The number of halogens is 1. The SMILES string of the molecule is Nc1nonc1-n1nnc(C(=O)[O-])c1-c1ccc(Cl)cc1. The van der Waals surface area contributed by atoms with Gasteiger partial charge in [-0.05, 0) is 22.4 Å². The molecule has 0 saturated heterocycles. The maximum atomic E-state index is 11.2. The van der Waals surface area contributed by atoms with Crippen LogP contribution in [0.25, 0.3) is 17.1 Å². The van der Waals surface area contributed by atoms with Gasteiger partial charge < -0.3 is 15.6 Å². The molecule has 1 aromatic carbocycles. The van der Waals surface area contributed by atoms with Crippen LogP contribution in [0, 0.1) is 0 Å².